The van der Waals surface area contributed by atoms with Gasteiger partial charge in [0, 0.05) is 0 Å². The summed E-state index contributed by atoms with van der Waals surface area (Å²) >= 11 is 0. The Morgan fingerprint density at radius 2 is 2.00 bits per heavy atom. The first-order valence-electron chi connectivity index (χ1n) is 3.77. The molecule has 0 saturated carbocycles. The number of nitrogens with one attached hydrogen (secondary N) is 1. The lowest BCUT2D eigenvalue weighted by molar-refractivity contribution is 0.726. The fourth-order valence-corrected chi connectivity index (χ4v) is 0.647. The van der Waals surface area contributed by atoms with Crippen molar-refractivity contribution < 1.29 is 0 Å². The van der Waals surface area contributed by atoms with Crippen LogP contribution in [0.4, 0.5) is 0 Å². The molecule has 0 saturated heterocycles. The van der Waals surface area contributed by atoms with Crippen LogP contribution >= 0.6 is 0 Å². The molecule has 0 aliphatic carbocycles. The van der Waals surface area contributed by atoms with E-state index in [2.05, 4.69) is 31.3 Å². The van der Waals surface area contributed by atoms with Gasteiger partial charge in [0.1, 0.15) is 0 Å². The van der Waals surface area contributed by atoms with Crippen LogP contribution in [0.25, 0.3) is 0 Å². The smallest absolute Gasteiger partial charge is 0.00144 e. The average Bonchev–Trinajstić information content (AvgIpc) is 1.89. The van der Waals surface area contributed by atoms with Crippen molar-refractivity contribution in [1.82, 2.24) is 5.32 Å². The van der Waals surface area contributed by atoms with E-state index in [-0.39, 0.29) is 0 Å². The minimum Gasteiger partial charge on any atom is -0.317 e. The lowest BCUT2D eigenvalue weighted by Crippen LogP contribution is -2.12. The molecule has 0 aliphatic heterocycles. The van der Waals surface area contributed by atoms with Gasteiger partial charge in [-0.3, -0.25) is 0 Å². The van der Waals surface area contributed by atoms with E-state index >= 15 is 0 Å². The molecule has 0 rings (SSSR count). The SMILES string of the molecule is CCC=CCCNCC. The van der Waals surface area contributed by atoms with Gasteiger partial charge >= 0.3 is 0 Å². The van der Waals surface area contributed by atoms with Crippen molar-refractivity contribution in [2.24, 2.45) is 0 Å². The van der Waals surface area contributed by atoms with Gasteiger partial charge < -0.3 is 5.32 Å². The van der Waals surface area contributed by atoms with Gasteiger partial charge in [-0.25, -0.2) is 0 Å². The fraction of sp³-hybridized carbons (Fsp3) is 0.750. The van der Waals surface area contributed by atoms with Gasteiger partial charge in [-0.2, -0.15) is 0 Å². The first-order chi connectivity index (χ1) is 4.41. The average molecular weight is 127 g/mol. The summed E-state index contributed by atoms with van der Waals surface area (Å²) in [6.07, 6.45) is 6.76. The summed E-state index contributed by atoms with van der Waals surface area (Å²) < 4.78 is 0. The molecule has 0 radical (unpaired) electrons. The zero-order chi connectivity index (χ0) is 6.95. The van der Waals surface area contributed by atoms with E-state index in [1.54, 1.807) is 0 Å². The predicted molar refractivity (Wildman–Crippen MR) is 42.6 cm³/mol. The van der Waals surface area contributed by atoms with E-state index in [1.807, 2.05) is 0 Å². The second kappa shape index (κ2) is 7.70. The van der Waals surface area contributed by atoms with Crippen LogP contribution in [0.5, 0.6) is 0 Å². The van der Waals surface area contributed by atoms with Crippen molar-refractivity contribution in [2.45, 2.75) is 26.7 Å². The molecule has 0 heterocycles. The Bertz CT molecular complexity index is 67.0. The van der Waals surface area contributed by atoms with Crippen LogP contribution in [0.2, 0.25) is 0 Å². The zero-order valence-corrected chi connectivity index (χ0v) is 6.48. The number of hydrogen-bond acceptors (Lipinski definition) is 1. The van der Waals surface area contributed by atoms with Gasteiger partial charge in [0.15, 0.2) is 0 Å². The van der Waals surface area contributed by atoms with Gasteiger partial charge in [-0.05, 0) is 25.9 Å². The molecule has 1 N–H and O–H groups in total. The third kappa shape index (κ3) is 7.70. The standard InChI is InChI=1S/C8H17N/c1-3-5-6-7-8-9-4-2/h5-6,9H,3-4,7-8H2,1-2H3. The molecule has 0 atom stereocenters. The van der Waals surface area contributed by atoms with E-state index in [9.17, 15) is 0 Å². The van der Waals surface area contributed by atoms with Crippen molar-refractivity contribution in [3.05, 3.63) is 12.2 Å². The topological polar surface area (TPSA) is 12.0 Å². The monoisotopic (exact) mass is 127 g/mol. The Balaban J connectivity index is 2.82. The summed E-state index contributed by atoms with van der Waals surface area (Å²) in [5, 5.41) is 3.26. The quantitative estimate of drug-likeness (QED) is 0.439. The molecule has 0 aromatic heterocycles. The number of hydrogen-bond donors (Lipinski definition) is 1. The maximum absolute atomic E-state index is 3.26. The molecular formula is C8H17N. The third-order valence-electron chi connectivity index (χ3n) is 1.14. The van der Waals surface area contributed by atoms with Crippen LogP contribution in [0.3, 0.4) is 0 Å². The van der Waals surface area contributed by atoms with Crippen LogP contribution in [0.1, 0.15) is 26.7 Å². The van der Waals surface area contributed by atoms with E-state index in [4.69, 9.17) is 0 Å². The van der Waals surface area contributed by atoms with E-state index in [0.29, 0.717) is 0 Å². The summed E-state index contributed by atoms with van der Waals surface area (Å²) in [7, 11) is 0. The highest BCUT2D eigenvalue weighted by Gasteiger charge is 1.76. The van der Waals surface area contributed by atoms with Crippen molar-refractivity contribution in [2.75, 3.05) is 13.1 Å². The predicted octanol–water partition coefficient (Wildman–Crippen LogP) is 1.95. The molecule has 1 heteroatoms. The lowest BCUT2D eigenvalue weighted by atomic mass is 10.3. The summed E-state index contributed by atoms with van der Waals surface area (Å²) in [5.74, 6) is 0. The molecule has 0 fully saturated rings. The Morgan fingerprint density at radius 3 is 2.56 bits per heavy atom. The first-order valence-corrected chi connectivity index (χ1v) is 3.77. The molecule has 0 aromatic carbocycles. The van der Waals surface area contributed by atoms with Gasteiger partial charge in [-0.15, -0.1) is 0 Å². The first kappa shape index (κ1) is 8.70. The molecule has 9 heavy (non-hydrogen) atoms. The van der Waals surface area contributed by atoms with Crippen molar-refractivity contribution in [3.8, 4) is 0 Å². The summed E-state index contributed by atoms with van der Waals surface area (Å²) in [6, 6.07) is 0. The molecule has 0 unspecified atom stereocenters. The molecule has 1 nitrogen and oxygen atoms in total. The second-order valence-electron chi connectivity index (χ2n) is 2.02. The molecular weight excluding hydrogens is 110 g/mol. The number of allylic oxidation sites excluding steroid dienone is 1. The van der Waals surface area contributed by atoms with Crippen LogP contribution in [0.15, 0.2) is 12.2 Å². The van der Waals surface area contributed by atoms with Crippen molar-refractivity contribution >= 4 is 0 Å². The van der Waals surface area contributed by atoms with Crippen LogP contribution in [-0.4, -0.2) is 13.1 Å². The third-order valence-corrected chi connectivity index (χ3v) is 1.14. The Labute approximate surface area is 58.2 Å². The summed E-state index contributed by atoms with van der Waals surface area (Å²) in [5.41, 5.74) is 0. The van der Waals surface area contributed by atoms with E-state index in [0.717, 1.165) is 19.5 Å². The molecule has 0 aliphatic rings. The van der Waals surface area contributed by atoms with Crippen molar-refractivity contribution in [1.29, 1.82) is 0 Å². The van der Waals surface area contributed by atoms with Crippen LogP contribution in [0, 0.1) is 0 Å². The molecule has 0 aromatic rings. The van der Waals surface area contributed by atoms with Gasteiger partial charge in [-0.1, -0.05) is 26.0 Å². The van der Waals surface area contributed by atoms with Gasteiger partial charge in [0.2, 0.25) is 0 Å². The minimum atomic E-state index is 1.08. The molecule has 0 bridgehead atoms. The van der Waals surface area contributed by atoms with Crippen LogP contribution in [-0.2, 0) is 0 Å². The van der Waals surface area contributed by atoms with Gasteiger partial charge in [0.25, 0.3) is 0 Å². The fourth-order valence-electron chi connectivity index (χ4n) is 0.647. The largest absolute Gasteiger partial charge is 0.317 e. The summed E-state index contributed by atoms with van der Waals surface area (Å²) in [4.78, 5) is 0. The summed E-state index contributed by atoms with van der Waals surface area (Å²) in [6.45, 7) is 6.49. The highest BCUT2D eigenvalue weighted by molar-refractivity contribution is 4.80. The van der Waals surface area contributed by atoms with Crippen molar-refractivity contribution in [3.63, 3.8) is 0 Å². The maximum Gasteiger partial charge on any atom is -0.00144 e. The normalized spacial score (nSPS) is 10.9. The maximum atomic E-state index is 3.26. The van der Waals surface area contributed by atoms with E-state index < -0.39 is 0 Å². The Hall–Kier alpha value is -0.300. The molecule has 54 valence electrons. The zero-order valence-electron chi connectivity index (χ0n) is 6.48. The van der Waals surface area contributed by atoms with Gasteiger partial charge in [0.05, 0.1) is 0 Å². The highest BCUT2D eigenvalue weighted by Crippen LogP contribution is 1.83. The minimum absolute atomic E-state index is 1.08. The Morgan fingerprint density at radius 1 is 1.22 bits per heavy atom. The number of rotatable bonds is 5. The molecule has 0 amide bonds. The lowest BCUT2D eigenvalue weighted by Gasteiger charge is -1.94. The second-order valence-corrected chi connectivity index (χ2v) is 2.02. The van der Waals surface area contributed by atoms with E-state index in [1.165, 1.54) is 6.42 Å². The van der Waals surface area contributed by atoms with Crippen LogP contribution < -0.4 is 5.32 Å². The molecule has 0 spiro atoms. The Kier molecular flexibility index (Phi) is 7.44. The highest BCUT2D eigenvalue weighted by atomic mass is 14.8.